The van der Waals surface area contributed by atoms with Crippen molar-refractivity contribution in [2.24, 2.45) is 12.0 Å². The van der Waals surface area contributed by atoms with Gasteiger partial charge in [0.05, 0.1) is 12.6 Å². The Bertz CT molecular complexity index is 881. The molecule has 2 unspecified atom stereocenters. The molecule has 0 bridgehead atoms. The van der Waals surface area contributed by atoms with Crippen molar-refractivity contribution in [3.63, 3.8) is 0 Å². The molecule has 2 atom stereocenters. The minimum atomic E-state index is -0.233. The van der Waals surface area contributed by atoms with Crippen molar-refractivity contribution in [2.45, 2.75) is 64.3 Å². The molecule has 0 spiro atoms. The normalized spacial score (nSPS) is 22.5. The SMILES string of the molecule is Cc1nnc(CN=C(NC2CCCC2)N2CC(C)OC(c3ccc(F)cc3)C2)n1C.I. The third-order valence-electron chi connectivity index (χ3n) is 6.04. The molecule has 7 nitrogen and oxygen atoms in total. The first-order chi connectivity index (χ1) is 14.5. The highest BCUT2D eigenvalue weighted by atomic mass is 127. The van der Waals surface area contributed by atoms with Crippen LogP contribution in [0.2, 0.25) is 0 Å². The van der Waals surface area contributed by atoms with Gasteiger partial charge in [0.2, 0.25) is 0 Å². The molecule has 1 N–H and O–H groups in total. The van der Waals surface area contributed by atoms with Crippen molar-refractivity contribution in [2.75, 3.05) is 13.1 Å². The van der Waals surface area contributed by atoms with Crippen molar-refractivity contribution < 1.29 is 9.13 Å². The van der Waals surface area contributed by atoms with E-state index >= 15 is 0 Å². The monoisotopic (exact) mass is 542 g/mol. The van der Waals surface area contributed by atoms with E-state index in [0.29, 0.717) is 19.1 Å². The Balaban J connectivity index is 0.00000272. The summed E-state index contributed by atoms with van der Waals surface area (Å²) in [4.78, 5) is 7.19. The summed E-state index contributed by atoms with van der Waals surface area (Å²) >= 11 is 0. The van der Waals surface area contributed by atoms with Crippen molar-refractivity contribution in [3.8, 4) is 0 Å². The number of halogens is 2. The van der Waals surface area contributed by atoms with Crippen LogP contribution in [-0.4, -0.2) is 50.9 Å². The van der Waals surface area contributed by atoms with Crippen LogP contribution in [0.25, 0.3) is 0 Å². The zero-order valence-corrected chi connectivity index (χ0v) is 20.8. The number of benzene rings is 1. The molecule has 1 aliphatic heterocycles. The van der Waals surface area contributed by atoms with Gasteiger partial charge in [-0.15, -0.1) is 34.2 Å². The van der Waals surface area contributed by atoms with Crippen molar-refractivity contribution >= 4 is 29.9 Å². The third kappa shape index (κ3) is 5.94. The molecule has 2 aromatic rings. The van der Waals surface area contributed by atoms with Crippen LogP contribution in [0.3, 0.4) is 0 Å². The molecule has 1 saturated heterocycles. The van der Waals surface area contributed by atoms with E-state index in [1.54, 1.807) is 12.1 Å². The highest BCUT2D eigenvalue weighted by Gasteiger charge is 2.30. The molecule has 2 aliphatic rings. The molecule has 1 aromatic carbocycles. The standard InChI is InChI=1S/C22H31FN6O.HI/c1-15-13-29(14-20(30-15)17-8-10-18(23)11-9-17)22(25-19-6-4-5-7-19)24-12-21-27-26-16(2)28(21)3;/h8-11,15,19-20H,4-7,12-14H2,1-3H3,(H,24,25);1H. The smallest absolute Gasteiger partial charge is 0.194 e. The topological polar surface area (TPSA) is 67.6 Å². The van der Waals surface area contributed by atoms with E-state index < -0.39 is 0 Å². The summed E-state index contributed by atoms with van der Waals surface area (Å²) in [6.07, 6.45) is 4.77. The van der Waals surface area contributed by atoms with Crippen LogP contribution in [0, 0.1) is 12.7 Å². The Kier molecular flexibility index (Phi) is 8.26. The first-order valence-electron chi connectivity index (χ1n) is 10.8. The summed E-state index contributed by atoms with van der Waals surface area (Å²) in [6.45, 7) is 5.91. The minimum absolute atomic E-state index is 0. The maximum Gasteiger partial charge on any atom is 0.194 e. The maximum absolute atomic E-state index is 13.4. The van der Waals surface area contributed by atoms with Gasteiger partial charge in [0.25, 0.3) is 0 Å². The van der Waals surface area contributed by atoms with Gasteiger partial charge in [-0.2, -0.15) is 0 Å². The van der Waals surface area contributed by atoms with Crippen LogP contribution < -0.4 is 5.32 Å². The van der Waals surface area contributed by atoms with E-state index in [1.165, 1.54) is 37.8 Å². The van der Waals surface area contributed by atoms with Crippen molar-refractivity contribution in [1.29, 1.82) is 0 Å². The molecule has 0 radical (unpaired) electrons. The second kappa shape index (κ2) is 10.7. The summed E-state index contributed by atoms with van der Waals surface area (Å²) in [5.41, 5.74) is 0.983. The average molecular weight is 542 g/mol. The fraction of sp³-hybridized carbons (Fsp3) is 0.591. The molecular formula is C22H32FIN6O. The van der Waals surface area contributed by atoms with Crippen LogP contribution in [0.4, 0.5) is 4.39 Å². The number of nitrogens with zero attached hydrogens (tertiary/aromatic N) is 5. The van der Waals surface area contributed by atoms with E-state index in [0.717, 1.165) is 29.7 Å². The Morgan fingerprint density at radius 1 is 1.19 bits per heavy atom. The van der Waals surface area contributed by atoms with Gasteiger partial charge < -0.3 is 19.5 Å². The van der Waals surface area contributed by atoms with E-state index in [1.807, 2.05) is 18.5 Å². The quantitative estimate of drug-likeness (QED) is 0.363. The van der Waals surface area contributed by atoms with Crippen LogP contribution >= 0.6 is 24.0 Å². The highest BCUT2D eigenvalue weighted by molar-refractivity contribution is 14.0. The summed E-state index contributed by atoms with van der Waals surface area (Å²) < 4.78 is 21.5. The number of nitrogens with one attached hydrogen (secondary N) is 1. The second-order valence-corrected chi connectivity index (χ2v) is 8.38. The van der Waals surface area contributed by atoms with Gasteiger partial charge in [0.1, 0.15) is 24.3 Å². The molecule has 0 amide bonds. The number of aliphatic imine (C=N–C) groups is 1. The first kappa shape index (κ1) is 23.9. The Morgan fingerprint density at radius 3 is 2.55 bits per heavy atom. The molecule has 4 rings (SSSR count). The Hall–Kier alpha value is -1.75. The Morgan fingerprint density at radius 2 is 1.90 bits per heavy atom. The number of hydrogen-bond acceptors (Lipinski definition) is 4. The van der Waals surface area contributed by atoms with Gasteiger partial charge in [0.15, 0.2) is 11.8 Å². The molecule has 31 heavy (non-hydrogen) atoms. The van der Waals surface area contributed by atoms with Crippen molar-refractivity contribution in [3.05, 3.63) is 47.3 Å². The van der Waals surface area contributed by atoms with E-state index in [4.69, 9.17) is 9.73 Å². The number of hydrogen-bond donors (Lipinski definition) is 1. The zero-order chi connectivity index (χ0) is 21.1. The van der Waals surface area contributed by atoms with E-state index in [-0.39, 0.29) is 42.0 Å². The highest BCUT2D eigenvalue weighted by Crippen LogP contribution is 2.26. The average Bonchev–Trinajstić information content (AvgIpc) is 3.36. The number of guanidine groups is 1. The number of aromatic nitrogens is 3. The molecule has 170 valence electrons. The van der Waals surface area contributed by atoms with Crippen LogP contribution in [0.5, 0.6) is 0 Å². The maximum atomic E-state index is 13.4. The number of rotatable bonds is 4. The first-order valence-corrected chi connectivity index (χ1v) is 10.8. The molecule has 1 aliphatic carbocycles. The summed E-state index contributed by atoms with van der Waals surface area (Å²) in [7, 11) is 1.96. The van der Waals surface area contributed by atoms with Crippen LogP contribution in [0.1, 0.15) is 55.9 Å². The van der Waals surface area contributed by atoms with E-state index in [9.17, 15) is 4.39 Å². The molecule has 1 saturated carbocycles. The summed E-state index contributed by atoms with van der Waals surface area (Å²) in [5, 5.41) is 12.1. The molecule has 1 aromatic heterocycles. The third-order valence-corrected chi connectivity index (χ3v) is 6.04. The van der Waals surface area contributed by atoms with Gasteiger partial charge >= 0.3 is 0 Å². The largest absolute Gasteiger partial charge is 0.367 e. The minimum Gasteiger partial charge on any atom is -0.367 e. The molecule has 2 fully saturated rings. The van der Waals surface area contributed by atoms with Gasteiger partial charge in [-0.3, -0.25) is 0 Å². The van der Waals surface area contributed by atoms with Crippen LogP contribution in [0.15, 0.2) is 29.3 Å². The molecule has 2 heterocycles. The molecule has 9 heteroatoms. The predicted octanol–water partition coefficient (Wildman–Crippen LogP) is 3.73. The van der Waals surface area contributed by atoms with Gasteiger partial charge in [-0.05, 0) is 44.4 Å². The fourth-order valence-corrected chi connectivity index (χ4v) is 4.21. The lowest BCUT2D eigenvalue weighted by molar-refractivity contribution is -0.0606. The molecular weight excluding hydrogens is 510 g/mol. The van der Waals surface area contributed by atoms with Crippen molar-refractivity contribution in [1.82, 2.24) is 25.0 Å². The second-order valence-electron chi connectivity index (χ2n) is 8.38. The van der Waals surface area contributed by atoms with Crippen LogP contribution in [-0.2, 0) is 18.3 Å². The number of morpholine rings is 1. The van der Waals surface area contributed by atoms with Gasteiger partial charge in [-0.1, -0.05) is 25.0 Å². The number of aryl methyl sites for hydroxylation is 1. The van der Waals surface area contributed by atoms with Gasteiger partial charge in [-0.25, -0.2) is 9.38 Å². The summed E-state index contributed by atoms with van der Waals surface area (Å²) in [5.74, 6) is 2.38. The zero-order valence-electron chi connectivity index (χ0n) is 18.4. The lowest BCUT2D eigenvalue weighted by atomic mass is 10.1. The fourth-order valence-electron chi connectivity index (χ4n) is 4.21. The predicted molar refractivity (Wildman–Crippen MR) is 129 cm³/mol. The van der Waals surface area contributed by atoms with Gasteiger partial charge in [0, 0.05) is 19.6 Å². The lowest BCUT2D eigenvalue weighted by Gasteiger charge is -2.39. The lowest BCUT2D eigenvalue weighted by Crippen LogP contribution is -2.52. The Labute approximate surface area is 200 Å². The summed E-state index contributed by atoms with van der Waals surface area (Å²) in [6, 6.07) is 7.04. The number of ether oxygens (including phenoxy) is 1. The van der Waals surface area contributed by atoms with E-state index in [2.05, 4.69) is 27.3 Å².